The molecule has 0 saturated heterocycles. The largest absolute Gasteiger partial charge is 0.463 e. The van der Waals surface area contributed by atoms with Crippen molar-refractivity contribution in [2.75, 3.05) is 6.61 Å². The monoisotopic (exact) mass is 496 g/mol. The lowest BCUT2D eigenvalue weighted by Gasteiger charge is -2.18. The van der Waals surface area contributed by atoms with E-state index in [1.54, 1.807) is 63.2 Å². The highest BCUT2D eigenvalue weighted by atomic mass is 35.5. The van der Waals surface area contributed by atoms with Crippen molar-refractivity contribution in [3.05, 3.63) is 71.3 Å². The number of carbonyl (C=O) groups excluding carboxylic acids is 2. The van der Waals surface area contributed by atoms with Crippen molar-refractivity contribution in [1.29, 1.82) is 0 Å². The van der Waals surface area contributed by atoms with E-state index in [9.17, 15) is 22.8 Å². The second-order valence-electron chi connectivity index (χ2n) is 8.39. The molecule has 2 aromatic carbocycles. The number of rotatable bonds is 8. The molecule has 3 atom stereocenters. The van der Waals surface area contributed by atoms with Gasteiger partial charge in [-0.15, -0.1) is 0 Å². The summed E-state index contributed by atoms with van der Waals surface area (Å²) in [7, 11) is 0. The second kappa shape index (κ2) is 10.1. The van der Waals surface area contributed by atoms with E-state index in [1.807, 2.05) is 6.07 Å². The first-order valence-corrected chi connectivity index (χ1v) is 11.0. The van der Waals surface area contributed by atoms with Gasteiger partial charge in [-0.05, 0) is 42.5 Å². The molecule has 2 aromatic rings. The third kappa shape index (κ3) is 5.91. The summed E-state index contributed by atoms with van der Waals surface area (Å²) in [5.41, 5.74) is -0.515. The van der Waals surface area contributed by atoms with Gasteiger partial charge in [-0.2, -0.15) is 13.2 Å². The molecule has 3 rings (SSSR count). The Morgan fingerprint density at radius 1 is 1.09 bits per heavy atom. The molecule has 0 bridgehead atoms. The number of hydrogen-bond acceptors (Lipinski definition) is 5. The quantitative estimate of drug-likeness (QED) is 0.386. The summed E-state index contributed by atoms with van der Waals surface area (Å²) in [4.78, 5) is 25.5. The van der Waals surface area contributed by atoms with Crippen LogP contribution in [0.25, 0.3) is 0 Å². The van der Waals surface area contributed by atoms with Crippen molar-refractivity contribution in [3.8, 4) is 11.5 Å². The number of esters is 2. The van der Waals surface area contributed by atoms with Crippen LogP contribution in [0.3, 0.4) is 0 Å². The predicted octanol–water partition coefficient (Wildman–Crippen LogP) is 6.58. The van der Waals surface area contributed by atoms with Crippen LogP contribution >= 0.6 is 11.6 Å². The van der Waals surface area contributed by atoms with Gasteiger partial charge in [-0.1, -0.05) is 61.9 Å². The summed E-state index contributed by atoms with van der Waals surface area (Å²) in [6, 6.07) is 15.4. The van der Waals surface area contributed by atoms with E-state index in [0.717, 1.165) is 6.08 Å². The molecule has 9 heteroatoms. The van der Waals surface area contributed by atoms with Gasteiger partial charge in [0.2, 0.25) is 6.10 Å². The molecule has 1 saturated carbocycles. The Labute approximate surface area is 200 Å². The van der Waals surface area contributed by atoms with E-state index in [0.29, 0.717) is 17.1 Å². The van der Waals surface area contributed by atoms with Crippen LogP contribution in [-0.4, -0.2) is 24.7 Å². The molecule has 1 fully saturated rings. The molecule has 3 unspecified atom stereocenters. The topological polar surface area (TPSA) is 61.8 Å². The van der Waals surface area contributed by atoms with Gasteiger partial charge in [0.05, 0.1) is 12.5 Å². The molecule has 0 aromatic heterocycles. The molecule has 0 radical (unpaired) electrons. The van der Waals surface area contributed by atoms with Gasteiger partial charge in [0.1, 0.15) is 16.5 Å². The number of alkyl halides is 3. The third-order valence-corrected chi connectivity index (χ3v) is 5.98. The number of para-hydroxylation sites is 1. The summed E-state index contributed by atoms with van der Waals surface area (Å²) >= 11 is 5.36. The lowest BCUT2D eigenvalue weighted by molar-refractivity contribution is -0.169. The highest BCUT2D eigenvalue weighted by Crippen LogP contribution is 2.60. The lowest BCUT2D eigenvalue weighted by atomic mass is 10.1. The molecule has 0 amide bonds. The van der Waals surface area contributed by atoms with Crippen molar-refractivity contribution >= 4 is 23.5 Å². The van der Waals surface area contributed by atoms with E-state index in [4.69, 9.17) is 25.8 Å². The third-order valence-electron chi connectivity index (χ3n) is 5.64. The summed E-state index contributed by atoms with van der Waals surface area (Å²) in [6.45, 7) is 4.92. The van der Waals surface area contributed by atoms with Crippen LogP contribution in [0.4, 0.5) is 13.2 Å². The summed E-state index contributed by atoms with van der Waals surface area (Å²) in [5.74, 6) is -2.33. The smallest absolute Gasteiger partial charge is 0.426 e. The first-order chi connectivity index (χ1) is 15.9. The average molecular weight is 497 g/mol. The molecule has 5 nitrogen and oxygen atoms in total. The van der Waals surface area contributed by atoms with E-state index >= 15 is 0 Å². The number of benzene rings is 2. The van der Waals surface area contributed by atoms with Gasteiger partial charge < -0.3 is 14.2 Å². The van der Waals surface area contributed by atoms with E-state index in [2.05, 4.69) is 0 Å². The molecule has 0 heterocycles. The SMILES string of the molecule is CCOC(=O)C(OC(=O)C1C(/C=C(\Cl)C(F)(F)F)C1(C)C)c1cccc(Oc2ccccc2)c1. The van der Waals surface area contributed by atoms with Gasteiger partial charge in [0, 0.05) is 5.56 Å². The average Bonchev–Trinajstić information content (AvgIpc) is 3.32. The van der Waals surface area contributed by atoms with Crippen molar-refractivity contribution in [3.63, 3.8) is 0 Å². The molecule has 0 N–H and O–H groups in total. The number of halogens is 4. The highest BCUT2D eigenvalue weighted by Gasteiger charge is 2.62. The zero-order valence-electron chi connectivity index (χ0n) is 18.8. The van der Waals surface area contributed by atoms with E-state index < -0.39 is 46.5 Å². The van der Waals surface area contributed by atoms with Crippen molar-refractivity contribution in [2.24, 2.45) is 17.3 Å². The zero-order chi connectivity index (χ0) is 25.1. The van der Waals surface area contributed by atoms with Crippen LogP contribution in [-0.2, 0) is 19.1 Å². The van der Waals surface area contributed by atoms with Gasteiger partial charge >= 0.3 is 18.1 Å². The highest BCUT2D eigenvalue weighted by molar-refractivity contribution is 6.30. The number of allylic oxidation sites excluding steroid dienone is 2. The summed E-state index contributed by atoms with van der Waals surface area (Å²) in [6.07, 6.45) is -5.30. The molecular formula is C25H24ClF3O5. The fraction of sp³-hybridized carbons (Fsp3) is 0.360. The molecule has 0 spiro atoms. The van der Waals surface area contributed by atoms with Crippen LogP contribution < -0.4 is 4.74 Å². The van der Waals surface area contributed by atoms with Gasteiger partial charge in [-0.25, -0.2) is 4.79 Å². The van der Waals surface area contributed by atoms with Crippen molar-refractivity contribution in [1.82, 2.24) is 0 Å². The number of hydrogen-bond donors (Lipinski definition) is 0. The maximum atomic E-state index is 12.9. The normalized spacial score (nSPS) is 20.3. The van der Waals surface area contributed by atoms with Crippen LogP contribution in [0, 0.1) is 17.3 Å². The standard InChI is InChI=1S/C25H24ClF3O5/c1-4-32-23(31)21(15-9-8-12-17(13-15)33-16-10-6-5-7-11-16)34-22(30)20-18(24(20,2)3)14-19(26)25(27,28)29/h5-14,18,20-21H,4H2,1-3H3/b19-14-. The lowest BCUT2D eigenvalue weighted by Crippen LogP contribution is -2.24. The van der Waals surface area contributed by atoms with Crippen LogP contribution in [0.1, 0.15) is 32.4 Å². The molecule has 0 aliphatic heterocycles. The number of carbonyl (C=O) groups is 2. The van der Waals surface area contributed by atoms with Gasteiger partial charge in [-0.3, -0.25) is 4.79 Å². The summed E-state index contributed by atoms with van der Waals surface area (Å²) in [5, 5.41) is -1.30. The first-order valence-electron chi connectivity index (χ1n) is 10.6. The van der Waals surface area contributed by atoms with Gasteiger partial charge in [0.25, 0.3) is 0 Å². The van der Waals surface area contributed by atoms with Crippen LogP contribution in [0.5, 0.6) is 11.5 Å². The Bertz CT molecular complexity index is 1070. The zero-order valence-corrected chi connectivity index (χ0v) is 19.5. The predicted molar refractivity (Wildman–Crippen MR) is 119 cm³/mol. The van der Waals surface area contributed by atoms with E-state index in [1.165, 1.54) is 6.07 Å². The maximum absolute atomic E-state index is 12.9. The Morgan fingerprint density at radius 3 is 2.35 bits per heavy atom. The minimum atomic E-state index is -4.71. The molecule has 34 heavy (non-hydrogen) atoms. The Morgan fingerprint density at radius 2 is 1.74 bits per heavy atom. The Balaban J connectivity index is 1.82. The maximum Gasteiger partial charge on any atom is 0.426 e. The van der Waals surface area contributed by atoms with Crippen LogP contribution in [0.2, 0.25) is 0 Å². The number of ether oxygens (including phenoxy) is 3. The Hall–Kier alpha value is -3.00. The fourth-order valence-electron chi connectivity index (χ4n) is 3.72. The van der Waals surface area contributed by atoms with Gasteiger partial charge in [0.15, 0.2) is 0 Å². The minimum absolute atomic E-state index is 0.0502. The summed E-state index contributed by atoms with van der Waals surface area (Å²) < 4.78 is 54.9. The molecule has 1 aliphatic carbocycles. The Kier molecular flexibility index (Phi) is 7.60. The molecule has 1 aliphatic rings. The molecular weight excluding hydrogens is 473 g/mol. The minimum Gasteiger partial charge on any atom is -0.463 e. The van der Waals surface area contributed by atoms with Crippen LogP contribution in [0.15, 0.2) is 65.7 Å². The van der Waals surface area contributed by atoms with Crippen molar-refractivity contribution in [2.45, 2.75) is 33.1 Å². The molecule has 182 valence electrons. The fourth-order valence-corrected chi connectivity index (χ4v) is 3.85. The van der Waals surface area contributed by atoms with Crippen molar-refractivity contribution < 1.29 is 37.0 Å². The van der Waals surface area contributed by atoms with E-state index in [-0.39, 0.29) is 6.61 Å². The first kappa shape index (κ1) is 25.6. The second-order valence-corrected chi connectivity index (χ2v) is 8.80.